The van der Waals surface area contributed by atoms with Gasteiger partial charge in [-0.1, -0.05) is 20.8 Å². The number of aromatic nitrogens is 2. The number of aryl methyl sites for hydroxylation is 1. The van der Waals surface area contributed by atoms with Gasteiger partial charge >= 0.3 is 0 Å². The molecule has 1 rings (SSSR count). The van der Waals surface area contributed by atoms with Crippen LogP contribution in [0.2, 0.25) is 0 Å². The molecule has 1 aromatic rings. The van der Waals surface area contributed by atoms with Gasteiger partial charge in [-0.25, -0.2) is 0 Å². The Morgan fingerprint density at radius 1 is 1.50 bits per heavy atom. The molecule has 0 spiro atoms. The normalized spacial score (nSPS) is 14.4. The molecule has 1 atom stereocenters. The molecule has 0 unspecified atom stereocenters. The van der Waals surface area contributed by atoms with E-state index in [-0.39, 0.29) is 11.5 Å². The lowest BCUT2D eigenvalue weighted by atomic mass is 9.92. The minimum atomic E-state index is 0.0542. The van der Waals surface area contributed by atoms with Crippen LogP contribution in [0.3, 0.4) is 0 Å². The number of hydrogen-bond acceptors (Lipinski definition) is 2. The van der Waals surface area contributed by atoms with Crippen LogP contribution in [0, 0.1) is 0 Å². The van der Waals surface area contributed by atoms with Crippen molar-refractivity contribution in [2.24, 2.45) is 5.73 Å². The first kappa shape index (κ1) is 11.2. The van der Waals surface area contributed by atoms with E-state index in [1.165, 1.54) is 0 Å². The van der Waals surface area contributed by atoms with Crippen LogP contribution in [0.1, 0.15) is 52.0 Å². The van der Waals surface area contributed by atoms with Crippen LogP contribution in [-0.4, -0.2) is 9.78 Å². The van der Waals surface area contributed by atoms with Crippen molar-refractivity contribution in [3.05, 3.63) is 17.5 Å². The van der Waals surface area contributed by atoms with E-state index in [0.717, 1.165) is 17.9 Å². The fourth-order valence-electron chi connectivity index (χ4n) is 1.42. The summed E-state index contributed by atoms with van der Waals surface area (Å²) in [5, 5.41) is 4.56. The summed E-state index contributed by atoms with van der Waals surface area (Å²) in [6.45, 7) is 11.5. The quantitative estimate of drug-likeness (QED) is 0.786. The molecule has 1 heterocycles. The smallest absolute Gasteiger partial charge is 0.0681 e. The number of nitrogens with zero attached hydrogens (tertiary/aromatic N) is 2. The Morgan fingerprint density at radius 3 is 2.36 bits per heavy atom. The fourth-order valence-corrected chi connectivity index (χ4v) is 1.42. The highest BCUT2D eigenvalue weighted by Gasteiger charge is 2.20. The van der Waals surface area contributed by atoms with Crippen LogP contribution in [0.15, 0.2) is 6.07 Å². The summed E-state index contributed by atoms with van der Waals surface area (Å²) in [5.41, 5.74) is 8.23. The van der Waals surface area contributed by atoms with Crippen molar-refractivity contribution >= 4 is 0 Å². The third-order valence-corrected chi connectivity index (χ3v) is 2.35. The minimum Gasteiger partial charge on any atom is -0.323 e. The van der Waals surface area contributed by atoms with Gasteiger partial charge < -0.3 is 5.73 Å². The van der Waals surface area contributed by atoms with Crippen LogP contribution >= 0.6 is 0 Å². The molecule has 80 valence electrons. The van der Waals surface area contributed by atoms with Gasteiger partial charge in [0.2, 0.25) is 0 Å². The van der Waals surface area contributed by atoms with Gasteiger partial charge in [-0.05, 0) is 19.9 Å². The van der Waals surface area contributed by atoms with Gasteiger partial charge in [-0.15, -0.1) is 0 Å². The molecular formula is C11H21N3. The van der Waals surface area contributed by atoms with Gasteiger partial charge in [0.05, 0.1) is 11.4 Å². The Labute approximate surface area is 86.3 Å². The molecule has 0 radical (unpaired) electrons. The minimum absolute atomic E-state index is 0.0542. The zero-order chi connectivity index (χ0) is 10.9. The molecule has 3 nitrogen and oxygen atoms in total. The molecule has 3 heteroatoms. The van der Waals surface area contributed by atoms with Crippen molar-refractivity contribution in [3.8, 4) is 0 Å². The predicted octanol–water partition coefficient (Wildman–Crippen LogP) is 2.22. The maximum absolute atomic E-state index is 5.89. The van der Waals surface area contributed by atoms with E-state index in [2.05, 4.69) is 38.9 Å². The zero-order valence-electron chi connectivity index (χ0n) is 9.83. The lowest BCUT2D eigenvalue weighted by Gasteiger charge is -2.14. The van der Waals surface area contributed by atoms with Crippen molar-refractivity contribution in [3.63, 3.8) is 0 Å². The largest absolute Gasteiger partial charge is 0.323 e. The van der Waals surface area contributed by atoms with Gasteiger partial charge in [0.25, 0.3) is 0 Å². The highest BCUT2D eigenvalue weighted by Crippen LogP contribution is 2.23. The average Bonchev–Trinajstić information content (AvgIpc) is 2.45. The Bertz CT molecular complexity index is 305. The van der Waals surface area contributed by atoms with E-state index in [1.54, 1.807) is 0 Å². The average molecular weight is 195 g/mol. The van der Waals surface area contributed by atoms with E-state index in [0.29, 0.717) is 0 Å². The van der Waals surface area contributed by atoms with E-state index in [9.17, 15) is 0 Å². The predicted molar refractivity (Wildman–Crippen MR) is 59.2 cm³/mol. The topological polar surface area (TPSA) is 43.8 Å². The van der Waals surface area contributed by atoms with Gasteiger partial charge in [-0.3, -0.25) is 4.68 Å². The summed E-state index contributed by atoms with van der Waals surface area (Å²) in [6, 6.07) is 2.17. The Morgan fingerprint density at radius 2 is 2.07 bits per heavy atom. The van der Waals surface area contributed by atoms with Gasteiger partial charge in [0.15, 0.2) is 0 Å². The van der Waals surface area contributed by atoms with E-state index < -0.39 is 0 Å². The highest BCUT2D eigenvalue weighted by atomic mass is 15.3. The molecule has 2 N–H and O–H groups in total. The van der Waals surface area contributed by atoms with Crippen LogP contribution in [0.25, 0.3) is 0 Å². The van der Waals surface area contributed by atoms with Crippen molar-refractivity contribution in [1.29, 1.82) is 0 Å². The molecule has 0 fully saturated rings. The fraction of sp³-hybridized carbons (Fsp3) is 0.727. The zero-order valence-corrected chi connectivity index (χ0v) is 9.83. The van der Waals surface area contributed by atoms with E-state index in [1.807, 2.05) is 11.6 Å². The van der Waals surface area contributed by atoms with Gasteiger partial charge in [0.1, 0.15) is 0 Å². The Kier molecular flexibility index (Phi) is 3.00. The lowest BCUT2D eigenvalue weighted by Crippen LogP contribution is -2.13. The number of rotatable bonds is 2. The molecule has 0 aromatic carbocycles. The monoisotopic (exact) mass is 195 g/mol. The van der Waals surface area contributed by atoms with Gasteiger partial charge in [-0.2, -0.15) is 5.10 Å². The first-order valence-electron chi connectivity index (χ1n) is 5.20. The SMILES string of the molecule is CCn1nc(C(C)(C)C)cc1[C@H](C)N. The van der Waals surface area contributed by atoms with Crippen molar-refractivity contribution < 1.29 is 0 Å². The summed E-state index contributed by atoms with van der Waals surface area (Å²) in [6.07, 6.45) is 0. The molecule has 0 saturated heterocycles. The third-order valence-electron chi connectivity index (χ3n) is 2.35. The highest BCUT2D eigenvalue weighted by molar-refractivity contribution is 5.19. The molecule has 1 aromatic heterocycles. The summed E-state index contributed by atoms with van der Waals surface area (Å²) in [4.78, 5) is 0. The summed E-state index contributed by atoms with van der Waals surface area (Å²) in [5.74, 6) is 0. The third kappa shape index (κ3) is 2.15. The molecule has 0 aliphatic rings. The maximum Gasteiger partial charge on any atom is 0.0681 e. The first-order valence-corrected chi connectivity index (χ1v) is 5.20. The summed E-state index contributed by atoms with van der Waals surface area (Å²) in [7, 11) is 0. The second-order valence-electron chi connectivity index (χ2n) is 4.81. The second kappa shape index (κ2) is 3.73. The molecule has 0 aliphatic heterocycles. The summed E-state index contributed by atoms with van der Waals surface area (Å²) < 4.78 is 1.99. The molecule has 0 saturated carbocycles. The number of hydrogen-bond donors (Lipinski definition) is 1. The molecule has 0 bridgehead atoms. The Hall–Kier alpha value is -0.830. The van der Waals surface area contributed by atoms with Crippen molar-refractivity contribution in [2.75, 3.05) is 0 Å². The van der Waals surface area contributed by atoms with Crippen LogP contribution in [0.5, 0.6) is 0 Å². The first-order chi connectivity index (χ1) is 6.36. The van der Waals surface area contributed by atoms with Crippen molar-refractivity contribution in [1.82, 2.24) is 9.78 Å². The summed E-state index contributed by atoms with van der Waals surface area (Å²) >= 11 is 0. The van der Waals surface area contributed by atoms with Crippen LogP contribution in [0.4, 0.5) is 0 Å². The van der Waals surface area contributed by atoms with Crippen LogP contribution in [-0.2, 0) is 12.0 Å². The Balaban J connectivity index is 3.13. The van der Waals surface area contributed by atoms with Crippen LogP contribution < -0.4 is 5.73 Å². The molecule has 0 aliphatic carbocycles. The standard InChI is InChI=1S/C11H21N3/c1-6-14-9(8(2)12)7-10(13-14)11(3,4)5/h7-8H,6,12H2,1-5H3/t8-/m0/s1. The number of nitrogens with two attached hydrogens (primary N) is 1. The van der Waals surface area contributed by atoms with E-state index >= 15 is 0 Å². The van der Waals surface area contributed by atoms with E-state index in [4.69, 9.17) is 5.73 Å². The van der Waals surface area contributed by atoms with Crippen molar-refractivity contribution in [2.45, 2.75) is 52.6 Å². The second-order valence-corrected chi connectivity index (χ2v) is 4.81. The van der Waals surface area contributed by atoms with Gasteiger partial charge in [0, 0.05) is 18.0 Å². The molecule has 14 heavy (non-hydrogen) atoms. The molecule has 0 amide bonds. The molecular weight excluding hydrogens is 174 g/mol. The lowest BCUT2D eigenvalue weighted by molar-refractivity contribution is 0.530. The maximum atomic E-state index is 5.89.